The molecular weight excluding hydrogens is 262 g/mol. The molecule has 2 N–H and O–H groups in total. The summed E-state index contributed by atoms with van der Waals surface area (Å²) in [6, 6.07) is 14.5. The molecule has 2 aromatic heterocycles. The van der Waals surface area contributed by atoms with E-state index >= 15 is 0 Å². The van der Waals surface area contributed by atoms with Crippen LogP contribution >= 0.6 is 0 Å². The van der Waals surface area contributed by atoms with Crippen molar-refractivity contribution >= 4 is 17.2 Å². The lowest BCUT2D eigenvalue weighted by molar-refractivity contribution is 0.792. The minimum atomic E-state index is 0.662. The molecule has 0 aliphatic carbocycles. The molecule has 3 aromatic rings. The lowest BCUT2D eigenvalue weighted by Gasteiger charge is -2.25. The molecule has 0 fully saturated rings. The van der Waals surface area contributed by atoms with Crippen LogP contribution in [0.1, 0.15) is 12.0 Å². The van der Waals surface area contributed by atoms with Crippen molar-refractivity contribution < 1.29 is 0 Å². The van der Waals surface area contributed by atoms with E-state index in [2.05, 4.69) is 40.1 Å². The first-order chi connectivity index (χ1) is 10.3. The van der Waals surface area contributed by atoms with Crippen LogP contribution in [0, 0.1) is 6.92 Å². The quantitative estimate of drug-likeness (QED) is 0.780. The Kier molecular flexibility index (Phi) is 3.83. The molecule has 0 saturated heterocycles. The number of anilines is 2. The molecule has 3 rings (SSSR count). The summed E-state index contributed by atoms with van der Waals surface area (Å²) in [4.78, 5) is 6.53. The minimum Gasteiger partial charge on any atom is -0.330 e. The molecule has 108 valence electrons. The van der Waals surface area contributed by atoms with Gasteiger partial charge in [-0.05, 0) is 49.7 Å². The van der Waals surface area contributed by atoms with Gasteiger partial charge in [-0.15, -0.1) is 0 Å². The molecule has 0 spiro atoms. The van der Waals surface area contributed by atoms with Crippen LogP contribution in [-0.4, -0.2) is 27.7 Å². The van der Waals surface area contributed by atoms with Crippen molar-refractivity contribution in [3.63, 3.8) is 0 Å². The average molecular weight is 281 g/mol. The van der Waals surface area contributed by atoms with Crippen LogP contribution in [0.2, 0.25) is 0 Å². The van der Waals surface area contributed by atoms with Crippen molar-refractivity contribution in [1.82, 2.24) is 14.6 Å². The fourth-order valence-corrected chi connectivity index (χ4v) is 2.46. The monoisotopic (exact) mass is 281 g/mol. The summed E-state index contributed by atoms with van der Waals surface area (Å²) in [5.41, 5.74) is 8.85. The normalized spacial score (nSPS) is 11.0. The van der Waals surface area contributed by atoms with Crippen molar-refractivity contribution in [2.45, 2.75) is 13.3 Å². The highest BCUT2D eigenvalue weighted by Gasteiger charge is 2.14. The van der Waals surface area contributed by atoms with Crippen LogP contribution in [0.25, 0.3) is 5.65 Å². The first kappa shape index (κ1) is 13.6. The number of hydrogen-bond donors (Lipinski definition) is 1. The number of hydrogen-bond acceptors (Lipinski definition) is 4. The second kappa shape index (κ2) is 5.93. The summed E-state index contributed by atoms with van der Waals surface area (Å²) < 4.78 is 1.87. The van der Waals surface area contributed by atoms with Crippen LogP contribution in [0.5, 0.6) is 0 Å². The van der Waals surface area contributed by atoms with Gasteiger partial charge < -0.3 is 10.6 Å². The maximum Gasteiger partial charge on any atom is 0.157 e. The fourth-order valence-electron chi connectivity index (χ4n) is 2.46. The zero-order valence-electron chi connectivity index (χ0n) is 12.1. The molecule has 2 heterocycles. The maximum absolute atomic E-state index is 5.69. The van der Waals surface area contributed by atoms with E-state index < -0.39 is 0 Å². The zero-order chi connectivity index (χ0) is 14.7. The Balaban J connectivity index is 2.12. The Bertz CT molecular complexity index is 720. The number of nitrogens with zero attached hydrogens (tertiary/aromatic N) is 4. The second-order valence-corrected chi connectivity index (χ2v) is 5.05. The van der Waals surface area contributed by atoms with Gasteiger partial charge in [0.2, 0.25) is 0 Å². The molecule has 0 radical (unpaired) electrons. The highest BCUT2D eigenvalue weighted by molar-refractivity contribution is 5.63. The van der Waals surface area contributed by atoms with E-state index in [-0.39, 0.29) is 0 Å². The van der Waals surface area contributed by atoms with Crippen molar-refractivity contribution in [3.8, 4) is 0 Å². The van der Waals surface area contributed by atoms with Crippen LogP contribution < -0.4 is 10.6 Å². The van der Waals surface area contributed by atoms with E-state index in [4.69, 9.17) is 5.73 Å². The Labute approximate surface area is 124 Å². The van der Waals surface area contributed by atoms with Gasteiger partial charge in [-0.25, -0.2) is 4.98 Å². The molecule has 0 bridgehead atoms. The van der Waals surface area contributed by atoms with Crippen molar-refractivity contribution in [2.75, 3.05) is 18.0 Å². The number of pyridine rings is 1. The Morgan fingerprint density at radius 1 is 1.19 bits per heavy atom. The van der Waals surface area contributed by atoms with Crippen molar-refractivity contribution in [2.24, 2.45) is 5.73 Å². The number of fused-ring (bicyclic) bond motifs is 1. The van der Waals surface area contributed by atoms with E-state index in [0.717, 1.165) is 30.1 Å². The summed E-state index contributed by atoms with van der Waals surface area (Å²) in [5, 5.41) is 4.35. The van der Waals surface area contributed by atoms with E-state index in [0.29, 0.717) is 6.54 Å². The summed E-state index contributed by atoms with van der Waals surface area (Å²) in [7, 11) is 0. The van der Waals surface area contributed by atoms with Gasteiger partial charge in [-0.2, -0.15) is 9.61 Å². The highest BCUT2D eigenvalue weighted by Crippen LogP contribution is 2.26. The predicted octanol–water partition coefficient (Wildman–Crippen LogP) is 2.52. The molecule has 0 amide bonds. The first-order valence-electron chi connectivity index (χ1n) is 7.12. The summed E-state index contributed by atoms with van der Waals surface area (Å²) in [5.74, 6) is 1.02. The van der Waals surface area contributed by atoms with Gasteiger partial charge in [-0.1, -0.05) is 18.2 Å². The molecule has 1 aromatic carbocycles. The average Bonchev–Trinajstić information content (AvgIpc) is 2.96. The van der Waals surface area contributed by atoms with Gasteiger partial charge >= 0.3 is 0 Å². The smallest absolute Gasteiger partial charge is 0.157 e. The summed E-state index contributed by atoms with van der Waals surface area (Å²) >= 11 is 0. The summed E-state index contributed by atoms with van der Waals surface area (Å²) in [6.07, 6.45) is 2.50. The lowest BCUT2D eigenvalue weighted by atomic mass is 10.2. The van der Waals surface area contributed by atoms with Crippen LogP contribution in [0.3, 0.4) is 0 Å². The van der Waals surface area contributed by atoms with Crippen LogP contribution in [-0.2, 0) is 0 Å². The molecule has 0 aliphatic heterocycles. The van der Waals surface area contributed by atoms with Gasteiger partial charge in [0.1, 0.15) is 12.1 Å². The van der Waals surface area contributed by atoms with Crippen LogP contribution in [0.4, 0.5) is 11.5 Å². The Morgan fingerprint density at radius 3 is 2.76 bits per heavy atom. The van der Waals surface area contributed by atoms with E-state index in [1.54, 1.807) is 6.33 Å². The van der Waals surface area contributed by atoms with Gasteiger partial charge in [-0.3, -0.25) is 0 Å². The number of rotatable bonds is 5. The Hall–Kier alpha value is -2.40. The molecule has 5 nitrogen and oxygen atoms in total. The minimum absolute atomic E-state index is 0.662. The molecule has 0 aliphatic rings. The third kappa shape index (κ3) is 2.73. The zero-order valence-corrected chi connectivity index (χ0v) is 12.1. The predicted molar refractivity (Wildman–Crippen MR) is 84.8 cm³/mol. The molecule has 5 heteroatoms. The van der Waals surface area contributed by atoms with Crippen LogP contribution in [0.15, 0.2) is 48.8 Å². The van der Waals surface area contributed by atoms with Gasteiger partial charge in [0.05, 0.1) is 0 Å². The second-order valence-electron chi connectivity index (χ2n) is 5.05. The van der Waals surface area contributed by atoms with Crippen molar-refractivity contribution in [3.05, 3.63) is 54.4 Å². The molecule has 0 unspecified atom stereocenters. The molecule has 0 atom stereocenters. The third-order valence-electron chi connectivity index (χ3n) is 3.43. The highest BCUT2D eigenvalue weighted by atomic mass is 15.4. The van der Waals surface area contributed by atoms with Crippen molar-refractivity contribution in [1.29, 1.82) is 0 Å². The molecule has 21 heavy (non-hydrogen) atoms. The van der Waals surface area contributed by atoms with Gasteiger partial charge in [0, 0.05) is 12.2 Å². The first-order valence-corrected chi connectivity index (χ1v) is 7.12. The third-order valence-corrected chi connectivity index (χ3v) is 3.43. The number of benzene rings is 1. The van der Waals surface area contributed by atoms with E-state index in [9.17, 15) is 0 Å². The maximum atomic E-state index is 5.69. The molecular formula is C16H19N5. The fraction of sp³-hybridized carbons (Fsp3) is 0.250. The van der Waals surface area contributed by atoms with Gasteiger partial charge in [0.15, 0.2) is 5.65 Å². The topological polar surface area (TPSA) is 59.5 Å². The Morgan fingerprint density at radius 2 is 2.00 bits per heavy atom. The number of para-hydroxylation sites is 1. The standard InChI is InChI=1S/C16H19N5/c1-13-10-15-18-12-19-21(15)16(11-13)20(9-5-8-17)14-6-3-2-4-7-14/h2-4,6-7,10-12H,5,8-9,17H2,1H3. The number of aromatic nitrogens is 3. The number of aryl methyl sites for hydroxylation is 1. The number of nitrogens with two attached hydrogens (primary N) is 1. The van der Waals surface area contributed by atoms with Gasteiger partial charge in [0.25, 0.3) is 0 Å². The molecule has 0 saturated carbocycles. The lowest BCUT2D eigenvalue weighted by Crippen LogP contribution is -2.23. The summed E-state index contributed by atoms with van der Waals surface area (Å²) in [6.45, 7) is 3.58. The SMILES string of the molecule is Cc1cc(N(CCCN)c2ccccc2)n2ncnc2c1. The van der Waals surface area contributed by atoms with E-state index in [1.165, 1.54) is 5.56 Å². The van der Waals surface area contributed by atoms with E-state index in [1.807, 2.05) is 28.8 Å². The largest absolute Gasteiger partial charge is 0.330 e.